The van der Waals surface area contributed by atoms with Gasteiger partial charge in [0.1, 0.15) is 12.4 Å². The molecular weight excluding hydrogens is 333 g/mol. The number of benzene rings is 1. The standard InChI is InChI=1S/C14H21F3N2O3S/c1-18(2)23(20,21)13-6-4-12(5-7-13)22-11-10-19(3)9-8-14(15,16)17/h4-7H,8-11H2,1-3H3. The zero-order chi connectivity index (χ0) is 17.7. The molecule has 0 fully saturated rings. The quantitative estimate of drug-likeness (QED) is 0.718. The third kappa shape index (κ3) is 6.76. The van der Waals surface area contributed by atoms with Crippen LogP contribution >= 0.6 is 0 Å². The van der Waals surface area contributed by atoms with Gasteiger partial charge in [0.15, 0.2) is 0 Å². The van der Waals surface area contributed by atoms with Gasteiger partial charge in [-0.2, -0.15) is 13.2 Å². The topological polar surface area (TPSA) is 49.9 Å². The first-order valence-electron chi connectivity index (χ1n) is 6.93. The van der Waals surface area contributed by atoms with Crippen molar-refractivity contribution in [2.75, 3.05) is 40.8 Å². The Morgan fingerprint density at radius 3 is 2.09 bits per heavy atom. The summed E-state index contributed by atoms with van der Waals surface area (Å²) in [5.74, 6) is 0.465. The van der Waals surface area contributed by atoms with Crippen molar-refractivity contribution < 1.29 is 26.3 Å². The minimum absolute atomic E-state index is 0.0904. The zero-order valence-corrected chi connectivity index (χ0v) is 14.1. The molecule has 0 aliphatic carbocycles. The van der Waals surface area contributed by atoms with E-state index in [2.05, 4.69) is 0 Å². The van der Waals surface area contributed by atoms with Crippen molar-refractivity contribution in [1.82, 2.24) is 9.21 Å². The molecule has 1 aromatic rings. The Bertz CT molecular complexity index is 586. The highest BCUT2D eigenvalue weighted by molar-refractivity contribution is 7.89. The molecular formula is C14H21F3N2O3S. The SMILES string of the molecule is CN(CCOc1ccc(S(=O)(=O)N(C)C)cc1)CCC(F)(F)F. The largest absolute Gasteiger partial charge is 0.492 e. The molecule has 0 radical (unpaired) electrons. The Balaban J connectivity index is 2.45. The Labute approximate surface area is 134 Å². The number of sulfonamides is 1. The molecule has 0 saturated carbocycles. The summed E-state index contributed by atoms with van der Waals surface area (Å²) in [6.07, 6.45) is -5.02. The van der Waals surface area contributed by atoms with Crippen molar-refractivity contribution in [2.24, 2.45) is 0 Å². The fraction of sp³-hybridized carbons (Fsp3) is 0.571. The first kappa shape index (κ1) is 19.7. The van der Waals surface area contributed by atoms with Crippen molar-refractivity contribution in [2.45, 2.75) is 17.5 Å². The molecule has 9 heteroatoms. The first-order chi connectivity index (χ1) is 10.5. The number of alkyl halides is 3. The fourth-order valence-electron chi connectivity index (χ4n) is 1.67. The van der Waals surface area contributed by atoms with Gasteiger partial charge in [-0.15, -0.1) is 0 Å². The maximum atomic E-state index is 12.1. The summed E-state index contributed by atoms with van der Waals surface area (Å²) in [5.41, 5.74) is 0. The second kappa shape index (κ2) is 7.98. The molecule has 1 rings (SSSR count). The third-order valence-electron chi connectivity index (χ3n) is 3.12. The highest BCUT2D eigenvalue weighted by Gasteiger charge is 2.26. The van der Waals surface area contributed by atoms with Gasteiger partial charge in [0.2, 0.25) is 10.0 Å². The van der Waals surface area contributed by atoms with Crippen LogP contribution in [-0.2, 0) is 10.0 Å². The Morgan fingerprint density at radius 1 is 1.04 bits per heavy atom. The molecule has 0 aliphatic heterocycles. The summed E-state index contributed by atoms with van der Waals surface area (Å²) in [6.45, 7) is 0.467. The number of ether oxygens (including phenoxy) is 1. The fourth-order valence-corrected chi connectivity index (χ4v) is 2.57. The van der Waals surface area contributed by atoms with E-state index in [1.807, 2.05) is 0 Å². The van der Waals surface area contributed by atoms with Crippen molar-refractivity contribution in [3.8, 4) is 5.75 Å². The molecule has 0 atom stereocenters. The lowest BCUT2D eigenvalue weighted by Gasteiger charge is -2.18. The van der Waals surface area contributed by atoms with Gasteiger partial charge in [-0.3, -0.25) is 0 Å². The van der Waals surface area contributed by atoms with E-state index < -0.39 is 22.6 Å². The van der Waals surface area contributed by atoms with Gasteiger partial charge >= 0.3 is 6.18 Å². The van der Waals surface area contributed by atoms with Crippen LogP contribution in [0.4, 0.5) is 13.2 Å². The van der Waals surface area contributed by atoms with Crippen LogP contribution in [-0.4, -0.2) is 64.6 Å². The van der Waals surface area contributed by atoms with Crippen molar-refractivity contribution in [3.05, 3.63) is 24.3 Å². The van der Waals surface area contributed by atoms with Crippen LogP contribution in [0.25, 0.3) is 0 Å². The van der Waals surface area contributed by atoms with Gasteiger partial charge in [-0.1, -0.05) is 0 Å². The third-order valence-corrected chi connectivity index (χ3v) is 4.95. The highest BCUT2D eigenvalue weighted by Crippen LogP contribution is 2.20. The van der Waals surface area contributed by atoms with Crippen molar-refractivity contribution >= 4 is 10.0 Å². The summed E-state index contributed by atoms with van der Waals surface area (Å²) in [5, 5.41) is 0. The van der Waals surface area contributed by atoms with E-state index in [9.17, 15) is 21.6 Å². The van der Waals surface area contributed by atoms with Gasteiger partial charge < -0.3 is 9.64 Å². The maximum Gasteiger partial charge on any atom is 0.390 e. The van der Waals surface area contributed by atoms with Crippen molar-refractivity contribution in [1.29, 1.82) is 0 Å². The number of nitrogens with zero attached hydrogens (tertiary/aromatic N) is 2. The normalized spacial score (nSPS) is 12.9. The summed E-state index contributed by atoms with van der Waals surface area (Å²) in [7, 11) is 0.981. The van der Waals surface area contributed by atoms with Crippen LogP contribution in [0.5, 0.6) is 5.75 Å². The zero-order valence-electron chi connectivity index (χ0n) is 13.3. The number of hydrogen-bond donors (Lipinski definition) is 0. The van der Waals surface area contributed by atoms with Crippen LogP contribution < -0.4 is 4.74 Å². The Hall–Kier alpha value is -1.32. The molecule has 1 aromatic carbocycles. The van der Waals surface area contributed by atoms with Crippen LogP contribution in [0.3, 0.4) is 0 Å². The molecule has 0 amide bonds. The predicted molar refractivity (Wildman–Crippen MR) is 81.0 cm³/mol. The first-order valence-corrected chi connectivity index (χ1v) is 8.37. The van der Waals surface area contributed by atoms with Crippen molar-refractivity contribution in [3.63, 3.8) is 0 Å². The van der Waals surface area contributed by atoms with E-state index in [1.54, 1.807) is 7.05 Å². The lowest BCUT2D eigenvalue weighted by Crippen LogP contribution is -2.28. The molecule has 132 valence electrons. The van der Waals surface area contributed by atoms with Gasteiger partial charge in [0, 0.05) is 27.2 Å². The Kier molecular flexibility index (Phi) is 6.84. The molecule has 0 spiro atoms. The summed E-state index contributed by atoms with van der Waals surface area (Å²) >= 11 is 0. The predicted octanol–water partition coefficient (Wildman–Crippen LogP) is 2.20. The second-order valence-corrected chi connectivity index (χ2v) is 7.43. The molecule has 0 unspecified atom stereocenters. The monoisotopic (exact) mass is 354 g/mol. The summed E-state index contributed by atoms with van der Waals surface area (Å²) in [6, 6.07) is 5.90. The molecule has 23 heavy (non-hydrogen) atoms. The molecule has 0 N–H and O–H groups in total. The smallest absolute Gasteiger partial charge is 0.390 e. The van der Waals surface area contributed by atoms with Gasteiger partial charge in [-0.25, -0.2) is 12.7 Å². The van der Waals surface area contributed by atoms with Gasteiger partial charge in [-0.05, 0) is 31.3 Å². The number of likely N-dealkylation sites (N-methyl/N-ethyl adjacent to an activating group) is 1. The maximum absolute atomic E-state index is 12.1. The minimum atomic E-state index is -4.16. The summed E-state index contributed by atoms with van der Waals surface area (Å²) < 4.78 is 66.5. The van der Waals surface area contributed by atoms with Crippen LogP contribution in [0, 0.1) is 0 Å². The average Bonchev–Trinajstić information content (AvgIpc) is 2.45. The summed E-state index contributed by atoms with van der Waals surface area (Å²) in [4.78, 5) is 1.68. The van der Waals surface area contributed by atoms with Gasteiger partial charge in [0.25, 0.3) is 0 Å². The number of halogens is 3. The molecule has 0 bridgehead atoms. The van der Waals surface area contributed by atoms with Crippen LogP contribution in [0.1, 0.15) is 6.42 Å². The van der Waals surface area contributed by atoms with Gasteiger partial charge in [0.05, 0.1) is 11.3 Å². The van der Waals surface area contributed by atoms with E-state index in [1.165, 1.54) is 43.3 Å². The van der Waals surface area contributed by atoms with Crippen LogP contribution in [0.2, 0.25) is 0 Å². The highest BCUT2D eigenvalue weighted by atomic mass is 32.2. The molecule has 0 saturated heterocycles. The lowest BCUT2D eigenvalue weighted by atomic mass is 10.3. The molecule has 0 aliphatic rings. The van der Waals surface area contributed by atoms with E-state index in [0.717, 1.165) is 4.31 Å². The molecule has 0 aromatic heterocycles. The number of rotatable bonds is 8. The lowest BCUT2D eigenvalue weighted by molar-refractivity contribution is -0.137. The Morgan fingerprint density at radius 2 is 1.61 bits per heavy atom. The van der Waals surface area contributed by atoms with E-state index in [0.29, 0.717) is 12.3 Å². The molecule has 5 nitrogen and oxygen atoms in total. The van der Waals surface area contributed by atoms with E-state index in [4.69, 9.17) is 4.74 Å². The molecule has 0 heterocycles. The van der Waals surface area contributed by atoms with E-state index in [-0.39, 0.29) is 18.0 Å². The van der Waals surface area contributed by atoms with Crippen LogP contribution in [0.15, 0.2) is 29.2 Å². The second-order valence-electron chi connectivity index (χ2n) is 5.28. The minimum Gasteiger partial charge on any atom is -0.492 e. The van der Waals surface area contributed by atoms with E-state index >= 15 is 0 Å². The number of hydrogen-bond acceptors (Lipinski definition) is 4. The average molecular weight is 354 g/mol.